The maximum atomic E-state index is 12.4. The third-order valence-corrected chi connectivity index (χ3v) is 3.52. The van der Waals surface area contributed by atoms with Gasteiger partial charge in [-0.1, -0.05) is 12.1 Å². The number of carbonyl (C=O) groups is 1. The van der Waals surface area contributed by atoms with Crippen molar-refractivity contribution in [2.24, 2.45) is 5.73 Å². The number of phenolic OH excluding ortho intramolecular Hbond substituents is 1. The number of piperidine rings is 1. The fourth-order valence-electron chi connectivity index (χ4n) is 2.57. The lowest BCUT2D eigenvalue weighted by Gasteiger charge is -2.35. The van der Waals surface area contributed by atoms with Crippen LogP contribution in [0.5, 0.6) is 5.75 Å². The van der Waals surface area contributed by atoms with E-state index >= 15 is 0 Å². The van der Waals surface area contributed by atoms with Gasteiger partial charge in [0.2, 0.25) is 0 Å². The number of likely N-dealkylation sites (tertiary alicyclic amines) is 1. The maximum Gasteiger partial charge on any atom is 0.257 e. The topological polar surface area (TPSA) is 66.6 Å². The second kappa shape index (κ2) is 5.87. The molecular weight excluding hydrogens is 228 g/mol. The Kier molecular flexibility index (Phi) is 4.20. The lowest BCUT2D eigenvalue weighted by atomic mass is 9.98. The van der Waals surface area contributed by atoms with E-state index in [0.717, 1.165) is 32.2 Å². The van der Waals surface area contributed by atoms with Crippen molar-refractivity contribution in [3.05, 3.63) is 29.8 Å². The summed E-state index contributed by atoms with van der Waals surface area (Å²) in [7, 11) is 0. The molecule has 98 valence electrons. The molecule has 1 unspecified atom stereocenters. The van der Waals surface area contributed by atoms with E-state index in [1.807, 2.05) is 4.90 Å². The standard InChI is InChI=1S/C14H20N2O2/c15-9-8-11-5-3-4-10-16(11)14(18)12-6-1-2-7-13(12)17/h1-2,6-7,11,17H,3-5,8-10,15H2. The van der Waals surface area contributed by atoms with Gasteiger partial charge in [-0.3, -0.25) is 4.79 Å². The molecule has 1 aromatic carbocycles. The zero-order valence-electron chi connectivity index (χ0n) is 10.5. The summed E-state index contributed by atoms with van der Waals surface area (Å²) < 4.78 is 0. The lowest BCUT2D eigenvalue weighted by molar-refractivity contribution is 0.0602. The van der Waals surface area contributed by atoms with Gasteiger partial charge in [0.15, 0.2) is 0 Å². The third kappa shape index (κ3) is 2.64. The average Bonchev–Trinajstić information content (AvgIpc) is 2.40. The Bertz CT molecular complexity index is 418. The van der Waals surface area contributed by atoms with Crippen LogP contribution in [0, 0.1) is 0 Å². The molecule has 4 heteroatoms. The number of amides is 1. The third-order valence-electron chi connectivity index (χ3n) is 3.52. The highest BCUT2D eigenvalue weighted by Crippen LogP contribution is 2.24. The molecule has 3 N–H and O–H groups in total. The zero-order valence-corrected chi connectivity index (χ0v) is 10.5. The number of hydrogen-bond acceptors (Lipinski definition) is 3. The van der Waals surface area contributed by atoms with Crippen molar-refractivity contribution in [3.63, 3.8) is 0 Å². The van der Waals surface area contributed by atoms with Gasteiger partial charge in [0.05, 0.1) is 5.56 Å². The molecule has 1 amide bonds. The summed E-state index contributed by atoms with van der Waals surface area (Å²) in [6.07, 6.45) is 4.02. The van der Waals surface area contributed by atoms with Gasteiger partial charge in [-0.2, -0.15) is 0 Å². The van der Waals surface area contributed by atoms with Crippen LogP contribution in [0.3, 0.4) is 0 Å². The molecule has 0 saturated carbocycles. The molecule has 1 saturated heterocycles. The quantitative estimate of drug-likeness (QED) is 0.856. The first-order valence-electron chi connectivity index (χ1n) is 6.53. The number of nitrogens with two attached hydrogens (primary N) is 1. The number of hydrogen-bond donors (Lipinski definition) is 2. The van der Waals surface area contributed by atoms with E-state index in [2.05, 4.69) is 0 Å². The number of rotatable bonds is 3. The molecule has 1 aromatic rings. The summed E-state index contributed by atoms with van der Waals surface area (Å²) in [6, 6.07) is 6.94. The first-order valence-corrected chi connectivity index (χ1v) is 6.53. The van der Waals surface area contributed by atoms with Gasteiger partial charge >= 0.3 is 0 Å². The number of phenols is 1. The minimum atomic E-state index is -0.0775. The molecule has 1 fully saturated rings. The van der Waals surface area contributed by atoms with Crippen LogP contribution < -0.4 is 5.73 Å². The first-order chi connectivity index (χ1) is 8.74. The monoisotopic (exact) mass is 248 g/mol. The Hall–Kier alpha value is -1.55. The van der Waals surface area contributed by atoms with Crippen molar-refractivity contribution in [2.75, 3.05) is 13.1 Å². The Morgan fingerprint density at radius 2 is 2.17 bits per heavy atom. The Morgan fingerprint density at radius 1 is 1.39 bits per heavy atom. The van der Waals surface area contributed by atoms with Crippen LogP contribution in [-0.2, 0) is 0 Å². The van der Waals surface area contributed by atoms with Crippen LogP contribution in [0.1, 0.15) is 36.0 Å². The number of nitrogens with zero attached hydrogens (tertiary/aromatic N) is 1. The van der Waals surface area contributed by atoms with E-state index in [9.17, 15) is 9.90 Å². The Morgan fingerprint density at radius 3 is 2.89 bits per heavy atom. The van der Waals surface area contributed by atoms with E-state index in [4.69, 9.17) is 5.73 Å². The zero-order chi connectivity index (χ0) is 13.0. The van der Waals surface area contributed by atoms with Crippen molar-refractivity contribution >= 4 is 5.91 Å². The van der Waals surface area contributed by atoms with E-state index in [1.54, 1.807) is 24.3 Å². The van der Waals surface area contributed by atoms with Crippen LogP contribution in [0.25, 0.3) is 0 Å². The van der Waals surface area contributed by atoms with Gasteiger partial charge in [0, 0.05) is 12.6 Å². The van der Waals surface area contributed by atoms with Gasteiger partial charge in [0.25, 0.3) is 5.91 Å². The fraction of sp³-hybridized carbons (Fsp3) is 0.500. The summed E-state index contributed by atoms with van der Waals surface area (Å²) >= 11 is 0. The smallest absolute Gasteiger partial charge is 0.257 e. The van der Waals surface area contributed by atoms with Crippen LogP contribution in [-0.4, -0.2) is 35.0 Å². The molecule has 0 radical (unpaired) electrons. The molecular formula is C14H20N2O2. The largest absolute Gasteiger partial charge is 0.507 e. The lowest BCUT2D eigenvalue weighted by Crippen LogP contribution is -2.44. The highest BCUT2D eigenvalue weighted by atomic mass is 16.3. The molecule has 0 aromatic heterocycles. The van der Waals surface area contributed by atoms with Crippen LogP contribution in [0.4, 0.5) is 0 Å². The number of aromatic hydroxyl groups is 1. The molecule has 1 atom stereocenters. The maximum absolute atomic E-state index is 12.4. The first kappa shape index (κ1) is 12.9. The normalized spacial score (nSPS) is 19.8. The Balaban J connectivity index is 2.18. The van der Waals surface area contributed by atoms with Crippen LogP contribution in [0.2, 0.25) is 0 Å². The highest BCUT2D eigenvalue weighted by Gasteiger charge is 2.27. The molecule has 18 heavy (non-hydrogen) atoms. The summed E-state index contributed by atoms with van der Waals surface area (Å²) in [4.78, 5) is 14.3. The number of carbonyl (C=O) groups excluding carboxylic acids is 1. The predicted molar refractivity (Wildman–Crippen MR) is 70.5 cm³/mol. The molecule has 2 rings (SSSR count). The summed E-state index contributed by atoms with van der Waals surface area (Å²) in [5.41, 5.74) is 5.99. The van der Waals surface area contributed by atoms with Crippen molar-refractivity contribution < 1.29 is 9.90 Å². The number of para-hydroxylation sites is 1. The second-order valence-corrected chi connectivity index (χ2v) is 4.74. The van der Waals surface area contributed by atoms with Gasteiger partial charge in [-0.25, -0.2) is 0 Å². The highest BCUT2D eigenvalue weighted by molar-refractivity contribution is 5.97. The molecule has 0 spiro atoms. The average molecular weight is 248 g/mol. The molecule has 0 aliphatic carbocycles. The van der Waals surface area contributed by atoms with Crippen LogP contribution >= 0.6 is 0 Å². The molecule has 1 heterocycles. The Labute approximate surface area is 107 Å². The second-order valence-electron chi connectivity index (χ2n) is 4.74. The van der Waals surface area contributed by atoms with Crippen LogP contribution in [0.15, 0.2) is 24.3 Å². The molecule has 0 bridgehead atoms. The fourth-order valence-corrected chi connectivity index (χ4v) is 2.57. The predicted octanol–water partition coefficient (Wildman–Crippen LogP) is 1.74. The number of benzene rings is 1. The summed E-state index contributed by atoms with van der Waals surface area (Å²) in [5, 5.41) is 9.76. The molecule has 1 aliphatic rings. The van der Waals surface area contributed by atoms with E-state index in [1.165, 1.54) is 0 Å². The summed E-state index contributed by atoms with van der Waals surface area (Å²) in [6.45, 7) is 1.35. The van der Waals surface area contributed by atoms with E-state index < -0.39 is 0 Å². The summed E-state index contributed by atoms with van der Waals surface area (Å²) in [5.74, 6) is -0.0224. The van der Waals surface area contributed by atoms with Gasteiger partial charge in [-0.05, 0) is 44.4 Å². The van der Waals surface area contributed by atoms with Gasteiger partial charge in [0.1, 0.15) is 5.75 Å². The van der Waals surface area contributed by atoms with E-state index in [-0.39, 0.29) is 17.7 Å². The minimum absolute atomic E-state index is 0.0552. The van der Waals surface area contributed by atoms with Crippen molar-refractivity contribution in [3.8, 4) is 5.75 Å². The van der Waals surface area contributed by atoms with Crippen molar-refractivity contribution in [1.82, 2.24) is 4.90 Å². The van der Waals surface area contributed by atoms with E-state index in [0.29, 0.717) is 12.1 Å². The van der Waals surface area contributed by atoms with Crippen molar-refractivity contribution in [2.45, 2.75) is 31.7 Å². The SMILES string of the molecule is NCCC1CCCCN1C(=O)c1ccccc1O. The van der Waals surface area contributed by atoms with Gasteiger partial charge < -0.3 is 15.7 Å². The molecule has 1 aliphatic heterocycles. The molecule has 4 nitrogen and oxygen atoms in total. The minimum Gasteiger partial charge on any atom is -0.507 e. The van der Waals surface area contributed by atoms with Crippen molar-refractivity contribution in [1.29, 1.82) is 0 Å². The van der Waals surface area contributed by atoms with Gasteiger partial charge in [-0.15, -0.1) is 0 Å².